The van der Waals surface area contributed by atoms with Crippen LogP contribution < -0.4 is 5.11 Å². The predicted octanol–water partition coefficient (Wildman–Crippen LogP) is 1.32. The minimum atomic E-state index is -1.06. The molecule has 3 nitrogen and oxygen atoms in total. The van der Waals surface area contributed by atoms with Crippen molar-refractivity contribution in [3.8, 4) is 0 Å². The fraction of sp³-hybridized carbons (Fsp3) is 0.308. The topological polar surface area (TPSA) is 45.1 Å². The Hall–Kier alpha value is -1.77. The van der Waals surface area contributed by atoms with Crippen LogP contribution in [-0.4, -0.2) is 10.5 Å². The van der Waals surface area contributed by atoms with Crippen LogP contribution in [0.3, 0.4) is 0 Å². The van der Waals surface area contributed by atoms with Crippen LogP contribution in [0.1, 0.15) is 16.8 Å². The minimum Gasteiger partial charge on any atom is -0.548 e. The highest BCUT2D eigenvalue weighted by atomic mass is 16.4. The summed E-state index contributed by atoms with van der Waals surface area (Å²) in [4.78, 5) is 10.7. The SMILES string of the molecule is Cc1cc(C)c2cc(C)n(CC(=O)[O-])c2c1. The number of aryl methyl sites for hydroxylation is 3. The van der Waals surface area contributed by atoms with E-state index in [1.165, 1.54) is 5.56 Å². The molecule has 0 aliphatic heterocycles. The van der Waals surface area contributed by atoms with Gasteiger partial charge in [-0.05, 0) is 44.0 Å². The average molecular weight is 216 g/mol. The zero-order valence-electron chi connectivity index (χ0n) is 9.70. The van der Waals surface area contributed by atoms with E-state index >= 15 is 0 Å². The molecule has 16 heavy (non-hydrogen) atoms. The van der Waals surface area contributed by atoms with E-state index < -0.39 is 5.97 Å². The fourth-order valence-corrected chi connectivity index (χ4v) is 2.18. The van der Waals surface area contributed by atoms with Crippen LogP contribution in [0.15, 0.2) is 18.2 Å². The molecule has 0 N–H and O–H groups in total. The molecule has 2 rings (SSSR count). The first-order valence-corrected chi connectivity index (χ1v) is 5.26. The first-order chi connectivity index (χ1) is 7.49. The lowest BCUT2D eigenvalue weighted by Gasteiger charge is -2.09. The zero-order valence-corrected chi connectivity index (χ0v) is 9.70. The van der Waals surface area contributed by atoms with Gasteiger partial charge in [0.15, 0.2) is 0 Å². The Morgan fingerprint density at radius 2 is 1.94 bits per heavy atom. The molecule has 2 aromatic rings. The summed E-state index contributed by atoms with van der Waals surface area (Å²) in [5.41, 5.74) is 4.24. The van der Waals surface area contributed by atoms with Crippen LogP contribution in [0.5, 0.6) is 0 Å². The lowest BCUT2D eigenvalue weighted by atomic mass is 10.1. The Kier molecular flexibility index (Phi) is 2.46. The van der Waals surface area contributed by atoms with Gasteiger partial charge in [0.1, 0.15) is 0 Å². The maximum Gasteiger partial charge on any atom is 0.0624 e. The maximum absolute atomic E-state index is 10.7. The van der Waals surface area contributed by atoms with Crippen molar-refractivity contribution >= 4 is 16.9 Å². The van der Waals surface area contributed by atoms with Crippen LogP contribution in [-0.2, 0) is 11.3 Å². The molecule has 1 aromatic heterocycles. The molecule has 0 saturated heterocycles. The van der Waals surface area contributed by atoms with Gasteiger partial charge in [-0.1, -0.05) is 6.07 Å². The molecule has 0 bridgehead atoms. The zero-order chi connectivity index (χ0) is 11.9. The second-order valence-electron chi connectivity index (χ2n) is 4.26. The van der Waals surface area contributed by atoms with Gasteiger partial charge in [0.25, 0.3) is 0 Å². The number of hydrogen-bond donors (Lipinski definition) is 0. The van der Waals surface area contributed by atoms with Gasteiger partial charge in [0, 0.05) is 16.6 Å². The summed E-state index contributed by atoms with van der Waals surface area (Å²) >= 11 is 0. The Morgan fingerprint density at radius 3 is 2.56 bits per heavy atom. The quantitative estimate of drug-likeness (QED) is 0.760. The van der Waals surface area contributed by atoms with E-state index in [1.54, 1.807) is 4.57 Å². The summed E-state index contributed by atoms with van der Waals surface area (Å²) in [6.07, 6.45) is 0. The lowest BCUT2D eigenvalue weighted by molar-refractivity contribution is -0.306. The highest BCUT2D eigenvalue weighted by Crippen LogP contribution is 2.24. The Balaban J connectivity index is 2.73. The third kappa shape index (κ3) is 1.69. The van der Waals surface area contributed by atoms with Crippen LogP contribution in [0.2, 0.25) is 0 Å². The number of rotatable bonds is 2. The number of carboxylic acids is 1. The second-order valence-corrected chi connectivity index (χ2v) is 4.26. The van der Waals surface area contributed by atoms with Gasteiger partial charge in [-0.3, -0.25) is 0 Å². The summed E-state index contributed by atoms with van der Waals surface area (Å²) in [5, 5.41) is 11.8. The largest absolute Gasteiger partial charge is 0.548 e. The third-order valence-electron chi connectivity index (χ3n) is 2.87. The Morgan fingerprint density at radius 1 is 1.25 bits per heavy atom. The van der Waals surface area contributed by atoms with Crippen molar-refractivity contribution < 1.29 is 9.90 Å². The molecule has 3 heteroatoms. The first-order valence-electron chi connectivity index (χ1n) is 5.26. The van der Waals surface area contributed by atoms with Crippen LogP contribution >= 0.6 is 0 Å². The number of benzene rings is 1. The van der Waals surface area contributed by atoms with E-state index in [-0.39, 0.29) is 6.54 Å². The number of nitrogens with zero attached hydrogens (tertiary/aromatic N) is 1. The minimum absolute atomic E-state index is 0.0851. The van der Waals surface area contributed by atoms with Gasteiger partial charge in [0.05, 0.1) is 12.5 Å². The number of fused-ring (bicyclic) bond motifs is 1. The summed E-state index contributed by atoms with van der Waals surface area (Å²) in [6, 6.07) is 6.14. The molecular weight excluding hydrogens is 202 g/mol. The molecular formula is C13H14NO2-. The van der Waals surface area contributed by atoms with Crippen LogP contribution in [0.25, 0.3) is 10.9 Å². The Bertz CT molecular complexity index is 567. The molecule has 0 aliphatic rings. The van der Waals surface area contributed by atoms with E-state index in [9.17, 15) is 9.90 Å². The number of carbonyl (C=O) groups excluding carboxylic acids is 1. The fourth-order valence-electron chi connectivity index (χ4n) is 2.18. The van der Waals surface area contributed by atoms with Crippen molar-refractivity contribution in [1.82, 2.24) is 4.57 Å². The van der Waals surface area contributed by atoms with Gasteiger partial charge in [-0.2, -0.15) is 0 Å². The molecule has 0 atom stereocenters. The van der Waals surface area contributed by atoms with Gasteiger partial charge >= 0.3 is 0 Å². The maximum atomic E-state index is 10.7. The highest BCUT2D eigenvalue weighted by molar-refractivity contribution is 5.86. The summed E-state index contributed by atoms with van der Waals surface area (Å²) < 4.78 is 1.78. The summed E-state index contributed by atoms with van der Waals surface area (Å²) in [5.74, 6) is -1.06. The lowest BCUT2D eigenvalue weighted by Crippen LogP contribution is -2.27. The van der Waals surface area contributed by atoms with Crippen molar-refractivity contribution in [2.24, 2.45) is 0 Å². The predicted molar refractivity (Wildman–Crippen MR) is 61.2 cm³/mol. The number of aliphatic carboxylic acids is 1. The van der Waals surface area contributed by atoms with Crippen molar-refractivity contribution in [1.29, 1.82) is 0 Å². The normalized spacial score (nSPS) is 10.9. The number of aromatic nitrogens is 1. The molecule has 0 spiro atoms. The summed E-state index contributed by atoms with van der Waals surface area (Å²) in [7, 11) is 0. The van der Waals surface area contributed by atoms with E-state index in [2.05, 4.69) is 6.07 Å². The number of hydrogen-bond acceptors (Lipinski definition) is 2. The monoisotopic (exact) mass is 216 g/mol. The highest BCUT2D eigenvalue weighted by Gasteiger charge is 2.08. The standard InChI is InChI=1S/C13H15NO2/c1-8-4-9(2)11-6-10(3)14(7-13(15)16)12(11)5-8/h4-6H,7H2,1-3H3,(H,15,16)/p-1. The smallest absolute Gasteiger partial charge is 0.0624 e. The number of carboxylic acid groups (broad SMARTS) is 1. The average Bonchev–Trinajstić information content (AvgIpc) is 2.45. The number of carbonyl (C=O) groups is 1. The van der Waals surface area contributed by atoms with Crippen LogP contribution in [0.4, 0.5) is 0 Å². The molecule has 1 aromatic carbocycles. The second kappa shape index (κ2) is 3.67. The third-order valence-corrected chi connectivity index (χ3v) is 2.87. The summed E-state index contributed by atoms with van der Waals surface area (Å²) in [6.45, 7) is 5.88. The van der Waals surface area contributed by atoms with Crippen molar-refractivity contribution in [3.05, 3.63) is 35.0 Å². The van der Waals surface area contributed by atoms with Crippen LogP contribution in [0, 0.1) is 20.8 Å². The molecule has 0 amide bonds. The molecule has 0 unspecified atom stereocenters. The van der Waals surface area contributed by atoms with Gasteiger partial charge in [-0.15, -0.1) is 0 Å². The molecule has 1 heterocycles. The molecule has 0 fully saturated rings. The van der Waals surface area contributed by atoms with E-state index in [4.69, 9.17) is 0 Å². The molecule has 84 valence electrons. The van der Waals surface area contributed by atoms with E-state index in [0.717, 1.165) is 22.2 Å². The van der Waals surface area contributed by atoms with Gasteiger partial charge in [-0.25, -0.2) is 0 Å². The molecule has 0 saturated carbocycles. The van der Waals surface area contributed by atoms with Gasteiger partial charge in [0.2, 0.25) is 0 Å². The van der Waals surface area contributed by atoms with Crippen molar-refractivity contribution in [2.75, 3.05) is 0 Å². The first kappa shape index (κ1) is 10.7. The van der Waals surface area contributed by atoms with Crippen molar-refractivity contribution in [3.63, 3.8) is 0 Å². The van der Waals surface area contributed by atoms with E-state index in [1.807, 2.05) is 32.9 Å². The van der Waals surface area contributed by atoms with Gasteiger partial charge < -0.3 is 14.5 Å². The van der Waals surface area contributed by atoms with Crippen molar-refractivity contribution in [2.45, 2.75) is 27.3 Å². The molecule has 0 aliphatic carbocycles. The Labute approximate surface area is 94.3 Å². The van der Waals surface area contributed by atoms with E-state index in [0.29, 0.717) is 0 Å². The molecule has 0 radical (unpaired) electrons.